The van der Waals surface area contributed by atoms with Crippen molar-refractivity contribution in [1.82, 2.24) is 0 Å². The molecule has 22 heavy (non-hydrogen) atoms. The van der Waals surface area contributed by atoms with Gasteiger partial charge in [-0.3, -0.25) is 0 Å². The van der Waals surface area contributed by atoms with Gasteiger partial charge in [-0.2, -0.15) is 0 Å². The van der Waals surface area contributed by atoms with Crippen molar-refractivity contribution in [2.45, 2.75) is 32.4 Å². The van der Waals surface area contributed by atoms with Crippen molar-refractivity contribution >= 4 is 12.4 Å². The summed E-state index contributed by atoms with van der Waals surface area (Å²) in [5, 5.41) is 10.2. The number of para-hydroxylation sites is 1. The lowest BCUT2D eigenvalue weighted by atomic mass is 9.92. The molecule has 0 saturated heterocycles. The highest BCUT2D eigenvalue weighted by Crippen LogP contribution is 2.25. The maximum absolute atomic E-state index is 10.2. The summed E-state index contributed by atoms with van der Waals surface area (Å²) in [6.45, 7) is 4.06. The number of rotatable bonds is 6. The van der Waals surface area contributed by atoms with Crippen LogP contribution in [0.2, 0.25) is 0 Å². The fourth-order valence-corrected chi connectivity index (χ4v) is 2.18. The summed E-state index contributed by atoms with van der Waals surface area (Å²) in [6.07, 6.45) is 0.375. The van der Waals surface area contributed by atoms with E-state index >= 15 is 0 Å². The van der Waals surface area contributed by atoms with Crippen molar-refractivity contribution in [1.29, 1.82) is 0 Å². The average molecular weight is 322 g/mol. The maximum atomic E-state index is 10.2. The van der Waals surface area contributed by atoms with Gasteiger partial charge in [0.2, 0.25) is 0 Å². The van der Waals surface area contributed by atoms with Crippen LogP contribution in [0, 0.1) is 5.92 Å². The lowest BCUT2D eigenvalue weighted by Gasteiger charge is -2.24. The Hall–Kier alpha value is -1.55. The number of benzene rings is 2. The third-order valence-electron chi connectivity index (χ3n) is 3.84. The molecular weight excluding hydrogens is 298 g/mol. The van der Waals surface area contributed by atoms with Gasteiger partial charge in [-0.25, -0.2) is 0 Å². The van der Waals surface area contributed by atoms with Gasteiger partial charge in [0, 0.05) is 0 Å². The largest absolute Gasteiger partial charge is 0.457 e. The van der Waals surface area contributed by atoms with Crippen LogP contribution in [0.25, 0.3) is 0 Å². The van der Waals surface area contributed by atoms with Crippen molar-refractivity contribution in [2.24, 2.45) is 11.7 Å². The van der Waals surface area contributed by atoms with Gasteiger partial charge in [-0.15, -0.1) is 12.4 Å². The number of ether oxygens (including phenoxy) is 1. The van der Waals surface area contributed by atoms with Crippen LogP contribution in [-0.4, -0.2) is 11.2 Å². The number of hydrogen-bond donors (Lipinski definition) is 2. The lowest BCUT2D eigenvalue weighted by molar-refractivity contribution is 0.0880. The van der Waals surface area contributed by atoms with E-state index in [0.29, 0.717) is 0 Å². The van der Waals surface area contributed by atoms with Crippen molar-refractivity contribution in [3.8, 4) is 11.5 Å². The minimum atomic E-state index is -0.532. The first-order chi connectivity index (χ1) is 10.1. The van der Waals surface area contributed by atoms with Gasteiger partial charge in [0.15, 0.2) is 0 Å². The summed E-state index contributed by atoms with van der Waals surface area (Å²) in [6, 6.07) is 16.8. The minimum Gasteiger partial charge on any atom is -0.457 e. The number of aliphatic hydroxyl groups is 1. The van der Waals surface area contributed by atoms with E-state index in [1.54, 1.807) is 0 Å². The summed E-state index contributed by atoms with van der Waals surface area (Å²) >= 11 is 0. The molecule has 3 N–H and O–H groups in total. The Morgan fingerprint density at radius 2 is 1.55 bits per heavy atom. The molecule has 0 aliphatic rings. The van der Waals surface area contributed by atoms with Crippen molar-refractivity contribution in [3.05, 3.63) is 60.2 Å². The third kappa shape index (κ3) is 4.73. The van der Waals surface area contributed by atoms with E-state index in [0.717, 1.165) is 23.5 Å². The van der Waals surface area contributed by atoms with Crippen LogP contribution >= 0.6 is 12.4 Å². The smallest absolute Gasteiger partial charge is 0.127 e. The second-order valence-corrected chi connectivity index (χ2v) is 5.39. The van der Waals surface area contributed by atoms with Crippen LogP contribution in [0.1, 0.15) is 31.9 Å². The van der Waals surface area contributed by atoms with Gasteiger partial charge in [-0.05, 0) is 35.7 Å². The second kappa shape index (κ2) is 8.79. The van der Waals surface area contributed by atoms with Gasteiger partial charge in [-0.1, -0.05) is 50.6 Å². The summed E-state index contributed by atoms with van der Waals surface area (Å²) in [5.41, 5.74) is 7.05. The Balaban J connectivity index is 0.00000242. The van der Waals surface area contributed by atoms with E-state index in [9.17, 15) is 5.11 Å². The Labute approximate surface area is 138 Å². The van der Waals surface area contributed by atoms with E-state index in [1.807, 2.05) is 61.5 Å². The van der Waals surface area contributed by atoms with Crippen LogP contribution in [0.3, 0.4) is 0 Å². The molecule has 2 aromatic rings. The fourth-order valence-electron chi connectivity index (χ4n) is 2.18. The number of halogens is 1. The molecule has 2 rings (SSSR count). The number of hydrogen-bond acceptors (Lipinski definition) is 3. The van der Waals surface area contributed by atoms with E-state index in [4.69, 9.17) is 10.5 Å². The highest BCUT2D eigenvalue weighted by atomic mass is 35.5. The quantitative estimate of drug-likeness (QED) is 0.833. The molecule has 0 amide bonds. The first kappa shape index (κ1) is 18.5. The van der Waals surface area contributed by atoms with Crippen LogP contribution in [0.15, 0.2) is 54.6 Å². The summed E-state index contributed by atoms with van der Waals surface area (Å²) in [7, 11) is 0. The standard InChI is InChI=1S/C18H23NO2.ClH/c1-3-13(2)18(20)17(19)14-9-11-16(12-10-14)21-15-7-5-4-6-8-15;/h4-13,17-18,20H,3,19H2,1-2H3;1H/t13?,17-,18+;/m1./s1. The van der Waals surface area contributed by atoms with Gasteiger partial charge in [0.1, 0.15) is 11.5 Å². The second-order valence-electron chi connectivity index (χ2n) is 5.39. The molecule has 0 aromatic heterocycles. The van der Waals surface area contributed by atoms with Crippen molar-refractivity contribution in [3.63, 3.8) is 0 Å². The Morgan fingerprint density at radius 3 is 2.09 bits per heavy atom. The van der Waals surface area contributed by atoms with E-state index in [2.05, 4.69) is 6.92 Å². The van der Waals surface area contributed by atoms with E-state index < -0.39 is 6.10 Å². The number of aliphatic hydroxyl groups excluding tert-OH is 1. The molecule has 2 aromatic carbocycles. The third-order valence-corrected chi connectivity index (χ3v) is 3.84. The van der Waals surface area contributed by atoms with Gasteiger partial charge in [0.25, 0.3) is 0 Å². The van der Waals surface area contributed by atoms with Crippen LogP contribution in [-0.2, 0) is 0 Å². The average Bonchev–Trinajstić information content (AvgIpc) is 2.54. The molecule has 3 nitrogen and oxygen atoms in total. The topological polar surface area (TPSA) is 55.5 Å². The zero-order chi connectivity index (χ0) is 15.2. The molecule has 0 heterocycles. The molecule has 0 saturated carbocycles. The first-order valence-corrected chi connectivity index (χ1v) is 7.38. The summed E-state index contributed by atoms with van der Waals surface area (Å²) < 4.78 is 5.74. The summed E-state index contributed by atoms with van der Waals surface area (Å²) in [4.78, 5) is 0. The predicted octanol–water partition coefficient (Wildman–Crippen LogP) is 4.31. The van der Waals surface area contributed by atoms with Gasteiger partial charge >= 0.3 is 0 Å². The maximum Gasteiger partial charge on any atom is 0.127 e. The Morgan fingerprint density at radius 1 is 1.00 bits per heavy atom. The molecule has 3 atom stereocenters. The van der Waals surface area contributed by atoms with Gasteiger partial charge < -0.3 is 15.6 Å². The highest BCUT2D eigenvalue weighted by Gasteiger charge is 2.21. The van der Waals surface area contributed by atoms with Crippen molar-refractivity contribution < 1.29 is 9.84 Å². The number of nitrogens with two attached hydrogens (primary N) is 1. The van der Waals surface area contributed by atoms with Crippen LogP contribution < -0.4 is 10.5 Å². The normalized spacial score (nSPS) is 14.5. The Bertz CT molecular complexity index is 545. The molecule has 120 valence electrons. The first-order valence-electron chi connectivity index (χ1n) is 7.38. The zero-order valence-electron chi connectivity index (χ0n) is 13.0. The van der Waals surface area contributed by atoms with E-state index in [1.165, 1.54) is 0 Å². The van der Waals surface area contributed by atoms with Crippen molar-refractivity contribution in [2.75, 3.05) is 0 Å². The molecule has 0 radical (unpaired) electrons. The summed E-state index contributed by atoms with van der Waals surface area (Å²) in [5.74, 6) is 1.74. The molecular formula is C18H24ClNO2. The zero-order valence-corrected chi connectivity index (χ0v) is 13.8. The molecule has 1 unspecified atom stereocenters. The highest BCUT2D eigenvalue weighted by molar-refractivity contribution is 5.85. The fraction of sp³-hybridized carbons (Fsp3) is 0.333. The molecule has 0 aliphatic carbocycles. The Kier molecular flexibility index (Phi) is 7.39. The van der Waals surface area contributed by atoms with E-state index in [-0.39, 0.29) is 24.4 Å². The van der Waals surface area contributed by atoms with Crippen LogP contribution in [0.4, 0.5) is 0 Å². The monoisotopic (exact) mass is 321 g/mol. The SMILES string of the molecule is CCC(C)[C@H](O)[C@H](N)c1ccc(Oc2ccccc2)cc1.Cl. The predicted molar refractivity (Wildman–Crippen MR) is 92.6 cm³/mol. The molecule has 0 spiro atoms. The minimum absolute atomic E-state index is 0. The van der Waals surface area contributed by atoms with Gasteiger partial charge in [0.05, 0.1) is 12.1 Å². The molecule has 0 fully saturated rings. The molecule has 4 heteroatoms. The molecule has 0 bridgehead atoms. The lowest BCUT2D eigenvalue weighted by Crippen LogP contribution is -2.31. The molecule has 0 aliphatic heterocycles. The van der Waals surface area contributed by atoms with Crippen LogP contribution in [0.5, 0.6) is 11.5 Å².